The van der Waals surface area contributed by atoms with E-state index in [0.717, 1.165) is 5.56 Å². The third-order valence-corrected chi connectivity index (χ3v) is 4.13. The molecule has 1 N–H and O–H groups in total. The molecule has 31 heavy (non-hydrogen) atoms. The minimum absolute atomic E-state index is 0.0236. The molecule has 0 unspecified atom stereocenters. The van der Waals surface area contributed by atoms with Crippen molar-refractivity contribution in [2.24, 2.45) is 10.1 Å². The molecule has 4 rings (SSSR count). The molecule has 9 nitrogen and oxygen atoms in total. The van der Waals surface area contributed by atoms with Gasteiger partial charge in [-0.25, -0.2) is 9.98 Å². The Balaban J connectivity index is 1.51. The number of aromatic nitrogens is 2. The summed E-state index contributed by atoms with van der Waals surface area (Å²) < 4.78 is 5.75. The van der Waals surface area contributed by atoms with Crippen molar-refractivity contribution in [1.29, 1.82) is 0 Å². The molecule has 0 saturated heterocycles. The van der Waals surface area contributed by atoms with E-state index in [4.69, 9.17) is 4.42 Å². The highest BCUT2D eigenvalue weighted by atomic mass is 16.6. The highest BCUT2D eigenvalue weighted by Gasteiger charge is 2.08. The fourth-order valence-corrected chi connectivity index (χ4v) is 2.66. The Morgan fingerprint density at radius 2 is 1.74 bits per heavy atom. The molecule has 3 aromatic heterocycles. The van der Waals surface area contributed by atoms with Gasteiger partial charge in [-0.1, -0.05) is 12.1 Å². The van der Waals surface area contributed by atoms with E-state index in [0.29, 0.717) is 28.9 Å². The number of nitro groups is 1. The number of amidine groups is 1. The van der Waals surface area contributed by atoms with Crippen molar-refractivity contribution in [3.8, 4) is 11.3 Å². The van der Waals surface area contributed by atoms with Crippen LogP contribution in [0, 0.1) is 10.1 Å². The molecule has 0 aliphatic carbocycles. The van der Waals surface area contributed by atoms with E-state index < -0.39 is 4.92 Å². The Bertz CT molecular complexity index is 1220. The summed E-state index contributed by atoms with van der Waals surface area (Å²) in [6.45, 7) is 0. The van der Waals surface area contributed by atoms with Gasteiger partial charge in [-0.05, 0) is 48.5 Å². The summed E-state index contributed by atoms with van der Waals surface area (Å²) in [4.78, 5) is 23.3. The first-order valence-corrected chi connectivity index (χ1v) is 9.24. The number of hydrogen-bond donors (Lipinski definition) is 1. The number of nitro benzene ring substituents is 1. The van der Waals surface area contributed by atoms with Crippen molar-refractivity contribution >= 4 is 23.6 Å². The van der Waals surface area contributed by atoms with Crippen LogP contribution in [-0.2, 0) is 0 Å². The summed E-state index contributed by atoms with van der Waals surface area (Å²) in [6, 6.07) is 20.5. The first-order valence-electron chi connectivity index (χ1n) is 9.24. The number of aliphatic imine (C=N–C) groups is 1. The van der Waals surface area contributed by atoms with Gasteiger partial charge >= 0.3 is 0 Å². The second-order valence-electron chi connectivity index (χ2n) is 6.24. The molecular formula is C22H16N6O3. The van der Waals surface area contributed by atoms with E-state index >= 15 is 0 Å². The Kier molecular flexibility index (Phi) is 5.85. The molecule has 1 aromatic carbocycles. The molecule has 0 saturated carbocycles. The zero-order valence-electron chi connectivity index (χ0n) is 16.1. The van der Waals surface area contributed by atoms with Crippen molar-refractivity contribution in [2.45, 2.75) is 0 Å². The van der Waals surface area contributed by atoms with E-state index in [1.807, 2.05) is 30.3 Å². The molecule has 0 fully saturated rings. The quantitative estimate of drug-likeness (QED) is 0.218. The number of nitrogens with one attached hydrogen (secondary N) is 1. The number of non-ortho nitro benzene ring substituents is 1. The van der Waals surface area contributed by atoms with Crippen LogP contribution in [0.1, 0.15) is 11.5 Å². The van der Waals surface area contributed by atoms with Crippen LogP contribution in [0.3, 0.4) is 0 Å². The Morgan fingerprint density at radius 1 is 0.968 bits per heavy atom. The summed E-state index contributed by atoms with van der Waals surface area (Å²) in [5, 5.41) is 15.0. The lowest BCUT2D eigenvalue weighted by Crippen LogP contribution is -2.20. The van der Waals surface area contributed by atoms with Crippen molar-refractivity contribution in [1.82, 2.24) is 15.4 Å². The molecule has 0 atom stereocenters. The molecule has 152 valence electrons. The van der Waals surface area contributed by atoms with Crippen molar-refractivity contribution in [3.63, 3.8) is 0 Å². The Labute approximate surface area is 177 Å². The number of rotatable bonds is 6. The van der Waals surface area contributed by atoms with Gasteiger partial charge in [0.25, 0.3) is 5.69 Å². The van der Waals surface area contributed by atoms with Gasteiger partial charge in [0.1, 0.15) is 17.2 Å². The van der Waals surface area contributed by atoms with Crippen LogP contribution in [0.4, 0.5) is 11.5 Å². The summed E-state index contributed by atoms with van der Waals surface area (Å²) in [5.74, 6) is 2.02. The lowest BCUT2D eigenvalue weighted by atomic mass is 10.1. The van der Waals surface area contributed by atoms with Gasteiger partial charge in [0.2, 0.25) is 0 Å². The molecule has 0 amide bonds. The number of hydrazone groups is 1. The predicted octanol–water partition coefficient (Wildman–Crippen LogP) is 4.35. The van der Waals surface area contributed by atoms with E-state index in [9.17, 15) is 10.1 Å². The highest BCUT2D eigenvalue weighted by molar-refractivity contribution is 5.98. The average molecular weight is 412 g/mol. The zero-order valence-corrected chi connectivity index (χ0v) is 16.1. The Morgan fingerprint density at radius 3 is 2.42 bits per heavy atom. The maximum absolute atomic E-state index is 10.8. The molecular weight excluding hydrogens is 396 g/mol. The molecule has 0 bridgehead atoms. The van der Waals surface area contributed by atoms with Crippen LogP contribution in [0.5, 0.6) is 0 Å². The zero-order chi connectivity index (χ0) is 21.5. The second kappa shape index (κ2) is 9.23. The van der Waals surface area contributed by atoms with Crippen LogP contribution < -0.4 is 5.43 Å². The van der Waals surface area contributed by atoms with Crippen LogP contribution in [0.25, 0.3) is 11.3 Å². The topological polar surface area (TPSA) is 119 Å². The summed E-state index contributed by atoms with van der Waals surface area (Å²) in [7, 11) is 0. The third kappa shape index (κ3) is 5.04. The monoisotopic (exact) mass is 412 g/mol. The summed E-state index contributed by atoms with van der Waals surface area (Å²) >= 11 is 0. The van der Waals surface area contributed by atoms with E-state index in [-0.39, 0.29) is 5.69 Å². The maximum Gasteiger partial charge on any atom is 0.269 e. The van der Waals surface area contributed by atoms with Gasteiger partial charge in [-0.3, -0.25) is 20.5 Å². The smallest absolute Gasteiger partial charge is 0.269 e. The van der Waals surface area contributed by atoms with Crippen LogP contribution in [0.15, 0.2) is 99.7 Å². The molecule has 4 aromatic rings. The molecule has 3 heterocycles. The minimum atomic E-state index is -0.443. The van der Waals surface area contributed by atoms with E-state index in [2.05, 4.69) is 25.5 Å². The SMILES string of the molecule is O=[N+]([O-])c1ccc(-c2ccc(/C=N/N/C(=N/c3ccccn3)c3ccccn3)o2)cc1. The lowest BCUT2D eigenvalue weighted by Gasteiger charge is -2.04. The first-order chi connectivity index (χ1) is 15.2. The van der Waals surface area contributed by atoms with Gasteiger partial charge in [-0.15, -0.1) is 0 Å². The second-order valence-corrected chi connectivity index (χ2v) is 6.24. The van der Waals surface area contributed by atoms with Gasteiger partial charge in [-0.2, -0.15) is 5.10 Å². The van der Waals surface area contributed by atoms with Gasteiger partial charge in [0.15, 0.2) is 11.7 Å². The number of benzene rings is 1. The number of nitrogens with zero attached hydrogens (tertiary/aromatic N) is 5. The Hall–Kier alpha value is -4.66. The van der Waals surface area contributed by atoms with Crippen LogP contribution in [-0.4, -0.2) is 26.9 Å². The van der Waals surface area contributed by atoms with Crippen LogP contribution >= 0.6 is 0 Å². The predicted molar refractivity (Wildman–Crippen MR) is 116 cm³/mol. The number of furan rings is 1. The maximum atomic E-state index is 10.8. The van der Waals surface area contributed by atoms with E-state index in [1.165, 1.54) is 18.3 Å². The van der Waals surface area contributed by atoms with Gasteiger partial charge in [0.05, 0.1) is 11.1 Å². The minimum Gasteiger partial charge on any atom is -0.455 e. The van der Waals surface area contributed by atoms with Crippen molar-refractivity contribution in [2.75, 3.05) is 0 Å². The van der Waals surface area contributed by atoms with Crippen LogP contribution in [0.2, 0.25) is 0 Å². The van der Waals surface area contributed by atoms with Gasteiger partial charge < -0.3 is 4.42 Å². The molecule has 0 aliphatic rings. The number of hydrogen-bond acceptors (Lipinski definition) is 7. The molecule has 0 aliphatic heterocycles. The first kappa shape index (κ1) is 19.6. The van der Waals surface area contributed by atoms with E-state index in [1.54, 1.807) is 42.7 Å². The number of pyridine rings is 2. The highest BCUT2D eigenvalue weighted by Crippen LogP contribution is 2.24. The summed E-state index contributed by atoms with van der Waals surface area (Å²) in [5.41, 5.74) is 4.24. The third-order valence-electron chi connectivity index (χ3n) is 4.13. The van der Waals surface area contributed by atoms with Crippen molar-refractivity contribution < 1.29 is 9.34 Å². The molecule has 0 spiro atoms. The normalized spacial score (nSPS) is 11.5. The largest absolute Gasteiger partial charge is 0.455 e. The van der Waals surface area contributed by atoms with Crippen molar-refractivity contribution in [3.05, 3.63) is 107 Å². The average Bonchev–Trinajstić information content (AvgIpc) is 3.29. The fourth-order valence-electron chi connectivity index (χ4n) is 2.66. The molecule has 0 radical (unpaired) electrons. The molecule has 9 heteroatoms. The fraction of sp³-hybridized carbons (Fsp3) is 0. The lowest BCUT2D eigenvalue weighted by molar-refractivity contribution is -0.384. The summed E-state index contributed by atoms with van der Waals surface area (Å²) in [6.07, 6.45) is 4.82. The standard InChI is InChI=1S/C22H16N6O3/c29-28(30)17-9-7-16(8-10-17)20-12-11-18(31-20)15-25-27-22(19-5-1-3-13-23-19)26-21-6-2-4-14-24-21/h1-15H,(H,24,26,27)/b25-15+. The van der Waals surface area contributed by atoms with Gasteiger partial charge in [0, 0.05) is 30.1 Å².